The van der Waals surface area contributed by atoms with E-state index in [4.69, 9.17) is 0 Å². The molecule has 4 heteroatoms. The SMILES string of the molecule is Cc1ccc(Br)cc1C(O)c1c(F)cccc1F. The van der Waals surface area contributed by atoms with Gasteiger partial charge in [0.15, 0.2) is 0 Å². The lowest BCUT2D eigenvalue weighted by Crippen LogP contribution is -2.07. The number of aliphatic hydroxyl groups excluding tert-OH is 1. The first-order valence-corrected chi connectivity index (χ1v) is 6.18. The second-order valence-electron chi connectivity index (χ2n) is 4.04. The van der Waals surface area contributed by atoms with Crippen LogP contribution in [0.4, 0.5) is 8.78 Å². The molecule has 0 aliphatic carbocycles. The third-order valence-corrected chi connectivity index (χ3v) is 3.30. The van der Waals surface area contributed by atoms with Crippen molar-refractivity contribution in [3.63, 3.8) is 0 Å². The normalized spacial score (nSPS) is 12.5. The van der Waals surface area contributed by atoms with Crippen molar-refractivity contribution in [2.24, 2.45) is 0 Å². The van der Waals surface area contributed by atoms with Crippen LogP contribution < -0.4 is 0 Å². The van der Waals surface area contributed by atoms with Gasteiger partial charge in [0, 0.05) is 4.47 Å². The smallest absolute Gasteiger partial charge is 0.132 e. The van der Waals surface area contributed by atoms with Gasteiger partial charge in [-0.05, 0) is 42.3 Å². The van der Waals surface area contributed by atoms with Gasteiger partial charge in [-0.25, -0.2) is 8.78 Å². The van der Waals surface area contributed by atoms with Gasteiger partial charge in [0.2, 0.25) is 0 Å². The molecule has 0 saturated heterocycles. The molecule has 1 unspecified atom stereocenters. The predicted molar refractivity (Wildman–Crippen MR) is 69.3 cm³/mol. The standard InChI is InChI=1S/C14H11BrF2O/c1-8-5-6-9(15)7-10(8)14(18)13-11(16)3-2-4-12(13)17/h2-7,14,18H,1H3. The van der Waals surface area contributed by atoms with Crippen LogP contribution in [0.1, 0.15) is 22.8 Å². The number of benzene rings is 2. The molecule has 18 heavy (non-hydrogen) atoms. The maximum atomic E-state index is 13.6. The second-order valence-corrected chi connectivity index (χ2v) is 4.95. The summed E-state index contributed by atoms with van der Waals surface area (Å²) in [7, 11) is 0. The van der Waals surface area contributed by atoms with Crippen LogP contribution in [0.5, 0.6) is 0 Å². The summed E-state index contributed by atoms with van der Waals surface area (Å²) in [6, 6.07) is 8.79. The summed E-state index contributed by atoms with van der Waals surface area (Å²) in [6.45, 7) is 1.78. The van der Waals surface area contributed by atoms with E-state index in [1.165, 1.54) is 6.07 Å². The van der Waals surface area contributed by atoms with Crippen molar-refractivity contribution in [2.45, 2.75) is 13.0 Å². The Hall–Kier alpha value is -1.26. The van der Waals surface area contributed by atoms with Crippen LogP contribution in [0.3, 0.4) is 0 Å². The monoisotopic (exact) mass is 312 g/mol. The molecular weight excluding hydrogens is 302 g/mol. The number of hydrogen-bond acceptors (Lipinski definition) is 1. The van der Waals surface area contributed by atoms with E-state index < -0.39 is 17.7 Å². The van der Waals surface area contributed by atoms with Crippen LogP contribution in [0.2, 0.25) is 0 Å². The van der Waals surface area contributed by atoms with Gasteiger partial charge in [-0.15, -0.1) is 0 Å². The summed E-state index contributed by atoms with van der Waals surface area (Å²) in [5.41, 5.74) is 0.931. The highest BCUT2D eigenvalue weighted by atomic mass is 79.9. The first-order chi connectivity index (χ1) is 8.50. The van der Waals surface area contributed by atoms with Crippen molar-refractivity contribution in [3.8, 4) is 0 Å². The number of aliphatic hydroxyl groups is 1. The molecule has 94 valence electrons. The predicted octanol–water partition coefficient (Wildman–Crippen LogP) is 4.12. The average Bonchev–Trinajstić information content (AvgIpc) is 2.32. The number of hydrogen-bond donors (Lipinski definition) is 1. The van der Waals surface area contributed by atoms with E-state index in [0.29, 0.717) is 5.56 Å². The Kier molecular flexibility index (Phi) is 3.78. The lowest BCUT2D eigenvalue weighted by Gasteiger charge is -2.16. The van der Waals surface area contributed by atoms with Crippen LogP contribution in [-0.2, 0) is 0 Å². The number of halogens is 3. The highest BCUT2D eigenvalue weighted by Crippen LogP contribution is 2.30. The third kappa shape index (κ3) is 2.44. The first kappa shape index (κ1) is 13.2. The van der Waals surface area contributed by atoms with Crippen LogP contribution in [-0.4, -0.2) is 5.11 Å². The molecule has 1 atom stereocenters. The molecule has 0 aromatic heterocycles. The molecule has 0 saturated carbocycles. The van der Waals surface area contributed by atoms with Crippen molar-refractivity contribution < 1.29 is 13.9 Å². The lowest BCUT2D eigenvalue weighted by molar-refractivity contribution is 0.208. The van der Waals surface area contributed by atoms with Crippen molar-refractivity contribution >= 4 is 15.9 Å². The van der Waals surface area contributed by atoms with Crippen molar-refractivity contribution in [1.29, 1.82) is 0 Å². The summed E-state index contributed by atoms with van der Waals surface area (Å²) >= 11 is 3.28. The third-order valence-electron chi connectivity index (χ3n) is 2.81. The Morgan fingerprint density at radius 3 is 2.33 bits per heavy atom. The highest BCUT2D eigenvalue weighted by Gasteiger charge is 2.20. The van der Waals surface area contributed by atoms with Gasteiger partial charge in [0.25, 0.3) is 0 Å². The van der Waals surface area contributed by atoms with E-state index in [0.717, 1.165) is 22.2 Å². The van der Waals surface area contributed by atoms with Gasteiger partial charge in [0.05, 0.1) is 5.56 Å². The molecule has 0 radical (unpaired) electrons. The van der Waals surface area contributed by atoms with Crippen LogP contribution in [0.25, 0.3) is 0 Å². The topological polar surface area (TPSA) is 20.2 Å². The molecule has 2 aromatic carbocycles. The lowest BCUT2D eigenvalue weighted by atomic mass is 9.97. The van der Waals surface area contributed by atoms with Crippen molar-refractivity contribution in [1.82, 2.24) is 0 Å². The average molecular weight is 313 g/mol. The fourth-order valence-electron chi connectivity index (χ4n) is 1.83. The number of aryl methyl sites for hydroxylation is 1. The summed E-state index contributed by atoms with van der Waals surface area (Å²) in [5.74, 6) is -1.50. The van der Waals surface area contributed by atoms with Gasteiger partial charge in [0.1, 0.15) is 17.7 Å². The fourth-order valence-corrected chi connectivity index (χ4v) is 2.21. The van der Waals surface area contributed by atoms with Crippen LogP contribution in [0.15, 0.2) is 40.9 Å². The molecule has 0 aliphatic heterocycles. The second kappa shape index (κ2) is 5.16. The molecule has 2 rings (SSSR count). The maximum absolute atomic E-state index is 13.6. The minimum absolute atomic E-state index is 0.321. The quantitative estimate of drug-likeness (QED) is 0.884. The summed E-state index contributed by atoms with van der Waals surface area (Å²) in [6.07, 6.45) is -1.32. The molecule has 0 fully saturated rings. The van der Waals surface area contributed by atoms with Gasteiger partial charge < -0.3 is 5.11 Å². The van der Waals surface area contributed by atoms with E-state index >= 15 is 0 Å². The zero-order chi connectivity index (χ0) is 13.3. The zero-order valence-corrected chi connectivity index (χ0v) is 11.2. The molecular formula is C14H11BrF2O. The minimum Gasteiger partial charge on any atom is -0.383 e. The van der Waals surface area contributed by atoms with Crippen LogP contribution in [0, 0.1) is 18.6 Å². The van der Waals surface area contributed by atoms with Gasteiger partial charge in [-0.3, -0.25) is 0 Å². The van der Waals surface area contributed by atoms with E-state index in [1.807, 2.05) is 6.07 Å². The zero-order valence-electron chi connectivity index (χ0n) is 9.62. The van der Waals surface area contributed by atoms with Crippen molar-refractivity contribution in [3.05, 3.63) is 69.2 Å². The van der Waals surface area contributed by atoms with Crippen LogP contribution >= 0.6 is 15.9 Å². The van der Waals surface area contributed by atoms with Gasteiger partial charge >= 0.3 is 0 Å². The van der Waals surface area contributed by atoms with Gasteiger partial charge in [-0.2, -0.15) is 0 Å². The summed E-state index contributed by atoms with van der Waals surface area (Å²) in [5, 5.41) is 10.2. The Balaban J connectivity index is 2.54. The largest absolute Gasteiger partial charge is 0.383 e. The van der Waals surface area contributed by atoms with E-state index in [1.54, 1.807) is 19.1 Å². The molecule has 0 bridgehead atoms. The van der Waals surface area contributed by atoms with Crippen molar-refractivity contribution in [2.75, 3.05) is 0 Å². The summed E-state index contributed by atoms with van der Waals surface area (Å²) in [4.78, 5) is 0. The fraction of sp³-hybridized carbons (Fsp3) is 0.143. The number of rotatable bonds is 2. The molecule has 1 N–H and O–H groups in total. The van der Waals surface area contributed by atoms with E-state index in [9.17, 15) is 13.9 Å². The van der Waals surface area contributed by atoms with E-state index in [2.05, 4.69) is 15.9 Å². The Labute approximate surface area is 112 Å². The Morgan fingerprint density at radius 2 is 1.72 bits per heavy atom. The van der Waals surface area contributed by atoms with Gasteiger partial charge in [-0.1, -0.05) is 28.1 Å². The molecule has 0 amide bonds. The Bertz CT molecular complexity index is 564. The molecule has 0 aliphatic rings. The van der Waals surface area contributed by atoms with E-state index in [-0.39, 0.29) is 5.56 Å². The summed E-state index contributed by atoms with van der Waals surface area (Å²) < 4.78 is 28.0. The first-order valence-electron chi connectivity index (χ1n) is 5.38. The highest BCUT2D eigenvalue weighted by molar-refractivity contribution is 9.10. The molecule has 2 aromatic rings. The Morgan fingerprint density at radius 1 is 1.11 bits per heavy atom. The maximum Gasteiger partial charge on any atom is 0.132 e. The molecule has 0 spiro atoms. The molecule has 1 nitrogen and oxygen atoms in total. The minimum atomic E-state index is -1.32. The molecule has 0 heterocycles.